The number of furan rings is 1. The minimum atomic E-state index is -2.63. The molecule has 1 N–H and O–H groups in total. The minimum absolute atomic E-state index is 0.120. The Hall–Kier alpha value is -1.69. The maximum atomic E-state index is 12.2. The Bertz CT molecular complexity index is 415. The van der Waals surface area contributed by atoms with E-state index in [2.05, 4.69) is 0 Å². The third kappa shape index (κ3) is 4.67. The monoisotopic (exact) mass is 259 g/mol. The Morgan fingerprint density at radius 1 is 1.56 bits per heavy atom. The van der Waals surface area contributed by atoms with Crippen molar-refractivity contribution in [1.29, 1.82) is 0 Å². The Morgan fingerprint density at radius 3 is 2.78 bits per heavy atom. The van der Waals surface area contributed by atoms with Crippen LogP contribution < -0.4 is 0 Å². The van der Waals surface area contributed by atoms with Gasteiger partial charge in [0.2, 0.25) is 5.91 Å². The molecule has 0 unspecified atom stereocenters. The van der Waals surface area contributed by atoms with Crippen molar-refractivity contribution in [3.05, 3.63) is 29.7 Å². The summed E-state index contributed by atoms with van der Waals surface area (Å²) in [6, 6.07) is 3.40. The SMILES string of the molecule is Cc1ccc(/C=C/C(=O)N(CCO)CC(F)F)o1. The first-order valence-electron chi connectivity index (χ1n) is 5.45. The highest BCUT2D eigenvalue weighted by molar-refractivity contribution is 5.91. The molecule has 0 atom stereocenters. The summed E-state index contributed by atoms with van der Waals surface area (Å²) >= 11 is 0. The van der Waals surface area contributed by atoms with Gasteiger partial charge in [0.25, 0.3) is 6.43 Å². The standard InChI is InChI=1S/C12H15F2NO3/c1-9-2-3-10(18-9)4-5-12(17)15(6-7-16)8-11(13)14/h2-5,11,16H,6-8H2,1H3/b5-4+. The van der Waals surface area contributed by atoms with Crippen molar-refractivity contribution in [3.8, 4) is 0 Å². The molecule has 0 radical (unpaired) electrons. The molecule has 0 saturated carbocycles. The van der Waals surface area contributed by atoms with E-state index in [0.717, 1.165) is 11.0 Å². The van der Waals surface area contributed by atoms with Crippen molar-refractivity contribution in [2.75, 3.05) is 19.7 Å². The molecule has 1 aromatic rings. The van der Waals surface area contributed by atoms with Crippen molar-refractivity contribution in [3.63, 3.8) is 0 Å². The van der Waals surface area contributed by atoms with Gasteiger partial charge in [-0.05, 0) is 25.1 Å². The third-order valence-corrected chi connectivity index (χ3v) is 2.19. The first-order valence-corrected chi connectivity index (χ1v) is 5.45. The summed E-state index contributed by atoms with van der Waals surface area (Å²) < 4.78 is 29.6. The number of rotatable bonds is 6. The first kappa shape index (κ1) is 14.4. The molecule has 1 aromatic heterocycles. The van der Waals surface area contributed by atoms with Gasteiger partial charge in [-0.1, -0.05) is 0 Å². The lowest BCUT2D eigenvalue weighted by molar-refractivity contribution is -0.128. The van der Waals surface area contributed by atoms with Crippen LogP contribution in [0.25, 0.3) is 6.08 Å². The average molecular weight is 259 g/mol. The highest BCUT2D eigenvalue weighted by atomic mass is 19.3. The number of hydrogen-bond acceptors (Lipinski definition) is 3. The molecule has 0 aliphatic heterocycles. The molecule has 0 aliphatic rings. The zero-order chi connectivity index (χ0) is 13.5. The van der Waals surface area contributed by atoms with Gasteiger partial charge in [-0.3, -0.25) is 4.79 Å². The van der Waals surface area contributed by atoms with Crippen LogP contribution in [-0.4, -0.2) is 42.0 Å². The van der Waals surface area contributed by atoms with Gasteiger partial charge in [0.15, 0.2) is 0 Å². The summed E-state index contributed by atoms with van der Waals surface area (Å²) in [6.07, 6.45) is -0.0682. The second-order valence-electron chi connectivity index (χ2n) is 3.68. The molecule has 0 saturated heterocycles. The number of alkyl halides is 2. The quantitative estimate of drug-likeness (QED) is 0.791. The van der Waals surface area contributed by atoms with Crippen LogP contribution in [0.1, 0.15) is 11.5 Å². The number of aryl methyl sites for hydroxylation is 1. The van der Waals surface area contributed by atoms with Crippen LogP contribution in [0.2, 0.25) is 0 Å². The van der Waals surface area contributed by atoms with E-state index < -0.39 is 18.9 Å². The van der Waals surface area contributed by atoms with E-state index in [1.54, 1.807) is 19.1 Å². The van der Waals surface area contributed by atoms with Gasteiger partial charge in [0.1, 0.15) is 11.5 Å². The lowest BCUT2D eigenvalue weighted by atomic mass is 10.3. The summed E-state index contributed by atoms with van der Waals surface area (Å²) in [5.74, 6) is 0.585. The number of aliphatic hydroxyl groups excluding tert-OH is 1. The minimum Gasteiger partial charge on any atom is -0.462 e. The predicted molar refractivity (Wildman–Crippen MR) is 62.1 cm³/mol. The lowest BCUT2D eigenvalue weighted by Gasteiger charge is -2.19. The van der Waals surface area contributed by atoms with Crippen LogP contribution in [-0.2, 0) is 4.79 Å². The van der Waals surface area contributed by atoms with Crippen LogP contribution in [0, 0.1) is 6.92 Å². The van der Waals surface area contributed by atoms with Gasteiger partial charge in [-0.15, -0.1) is 0 Å². The van der Waals surface area contributed by atoms with Gasteiger partial charge < -0.3 is 14.4 Å². The van der Waals surface area contributed by atoms with Crippen molar-refractivity contribution < 1.29 is 23.1 Å². The number of aliphatic hydroxyl groups is 1. The van der Waals surface area contributed by atoms with Crippen LogP contribution in [0.4, 0.5) is 8.78 Å². The van der Waals surface area contributed by atoms with Crippen molar-refractivity contribution in [1.82, 2.24) is 4.90 Å². The molecule has 4 nitrogen and oxygen atoms in total. The molecule has 100 valence electrons. The second kappa shape index (κ2) is 6.90. The zero-order valence-corrected chi connectivity index (χ0v) is 9.97. The van der Waals surface area contributed by atoms with Gasteiger partial charge in [-0.2, -0.15) is 0 Å². The van der Waals surface area contributed by atoms with Gasteiger partial charge in [0.05, 0.1) is 13.2 Å². The van der Waals surface area contributed by atoms with E-state index >= 15 is 0 Å². The molecule has 0 fully saturated rings. The second-order valence-corrected chi connectivity index (χ2v) is 3.68. The van der Waals surface area contributed by atoms with Crippen LogP contribution in [0.3, 0.4) is 0 Å². The highest BCUT2D eigenvalue weighted by Gasteiger charge is 2.15. The predicted octanol–water partition coefficient (Wildman–Crippen LogP) is 1.69. The molecule has 1 rings (SSSR count). The third-order valence-electron chi connectivity index (χ3n) is 2.19. The molecule has 0 spiro atoms. The topological polar surface area (TPSA) is 53.7 Å². The number of carbonyl (C=O) groups excluding carboxylic acids is 1. The van der Waals surface area contributed by atoms with E-state index in [0.29, 0.717) is 11.5 Å². The first-order chi connectivity index (χ1) is 8.52. The van der Waals surface area contributed by atoms with Gasteiger partial charge >= 0.3 is 0 Å². The van der Waals surface area contributed by atoms with Crippen molar-refractivity contribution >= 4 is 12.0 Å². The van der Waals surface area contributed by atoms with E-state index in [9.17, 15) is 13.6 Å². The zero-order valence-electron chi connectivity index (χ0n) is 9.97. The highest BCUT2D eigenvalue weighted by Crippen LogP contribution is 2.08. The Labute approximate surface area is 104 Å². The molecular weight excluding hydrogens is 244 g/mol. The Kier molecular flexibility index (Phi) is 5.51. The summed E-state index contributed by atoms with van der Waals surface area (Å²) in [5, 5.41) is 8.71. The molecule has 0 aliphatic carbocycles. The normalized spacial score (nSPS) is 11.4. The Balaban J connectivity index is 2.63. The smallest absolute Gasteiger partial charge is 0.255 e. The lowest BCUT2D eigenvalue weighted by Crippen LogP contribution is -2.36. The van der Waals surface area contributed by atoms with Gasteiger partial charge in [0, 0.05) is 12.6 Å². The Morgan fingerprint density at radius 2 is 2.28 bits per heavy atom. The van der Waals surface area contributed by atoms with Crippen LogP contribution in [0.5, 0.6) is 0 Å². The number of amides is 1. The summed E-state index contributed by atoms with van der Waals surface area (Å²) in [6.45, 7) is 0.589. The molecule has 18 heavy (non-hydrogen) atoms. The fourth-order valence-corrected chi connectivity index (χ4v) is 1.38. The number of carbonyl (C=O) groups is 1. The summed E-state index contributed by atoms with van der Waals surface area (Å²) in [5.41, 5.74) is 0. The number of halogens is 2. The molecule has 0 aromatic carbocycles. The largest absolute Gasteiger partial charge is 0.462 e. The fourth-order valence-electron chi connectivity index (χ4n) is 1.38. The van der Waals surface area contributed by atoms with E-state index in [4.69, 9.17) is 9.52 Å². The van der Waals surface area contributed by atoms with Crippen LogP contribution >= 0.6 is 0 Å². The number of nitrogens with zero attached hydrogens (tertiary/aromatic N) is 1. The molecule has 6 heteroatoms. The van der Waals surface area contributed by atoms with E-state index in [-0.39, 0.29) is 13.2 Å². The summed E-state index contributed by atoms with van der Waals surface area (Å²) in [4.78, 5) is 12.5. The maximum Gasteiger partial charge on any atom is 0.255 e. The number of hydrogen-bond donors (Lipinski definition) is 1. The molecular formula is C12H15F2NO3. The fraction of sp³-hybridized carbons (Fsp3) is 0.417. The maximum absolute atomic E-state index is 12.2. The van der Waals surface area contributed by atoms with E-state index in [1.165, 1.54) is 6.08 Å². The van der Waals surface area contributed by atoms with Gasteiger partial charge in [-0.25, -0.2) is 8.78 Å². The van der Waals surface area contributed by atoms with E-state index in [1.807, 2.05) is 0 Å². The molecule has 1 amide bonds. The molecule has 0 bridgehead atoms. The van der Waals surface area contributed by atoms with Crippen molar-refractivity contribution in [2.24, 2.45) is 0 Å². The van der Waals surface area contributed by atoms with Crippen molar-refractivity contribution in [2.45, 2.75) is 13.3 Å². The average Bonchev–Trinajstić information content (AvgIpc) is 2.71. The van der Waals surface area contributed by atoms with Crippen LogP contribution in [0.15, 0.2) is 22.6 Å². The summed E-state index contributed by atoms with van der Waals surface area (Å²) in [7, 11) is 0. The molecule has 1 heterocycles.